The number of carbonyl (C=O) groups is 2. The number of ether oxygens (including phenoxy) is 1. The Morgan fingerprint density at radius 2 is 1.78 bits per heavy atom. The molecule has 0 bridgehead atoms. The third kappa shape index (κ3) is 9.96. The number of benzene rings is 2. The second-order valence-corrected chi connectivity index (χ2v) is 10.1. The van der Waals surface area contributed by atoms with Gasteiger partial charge in [-0.3, -0.25) is 9.59 Å². The third-order valence-electron chi connectivity index (χ3n) is 6.75. The first-order chi connectivity index (χ1) is 17.1. The zero-order chi connectivity index (χ0) is 26.7. The van der Waals surface area contributed by atoms with Gasteiger partial charge >= 0.3 is 0 Å². The van der Waals surface area contributed by atoms with Gasteiger partial charge in [-0.15, -0.1) is 18.2 Å². The van der Waals surface area contributed by atoms with E-state index in [0.717, 1.165) is 68.0 Å². The fourth-order valence-corrected chi connectivity index (χ4v) is 4.51. The van der Waals surface area contributed by atoms with Crippen molar-refractivity contribution < 1.29 is 14.3 Å². The fourth-order valence-electron chi connectivity index (χ4n) is 4.51. The summed E-state index contributed by atoms with van der Waals surface area (Å²) in [6, 6.07) is 12.5. The maximum absolute atomic E-state index is 12.1. The molecule has 3 rings (SSSR count). The molecule has 1 saturated carbocycles. The zero-order valence-corrected chi connectivity index (χ0v) is 25.8. The van der Waals surface area contributed by atoms with Crippen LogP contribution in [0, 0.1) is 24.8 Å². The summed E-state index contributed by atoms with van der Waals surface area (Å²) in [5.74, 6) is 1.90. The molecule has 0 saturated heterocycles. The monoisotopic (exact) mass is 752 g/mol. The summed E-state index contributed by atoms with van der Waals surface area (Å²) in [7, 11) is 5.70. The van der Waals surface area contributed by atoms with E-state index in [9.17, 15) is 9.59 Å². The Bertz CT molecular complexity index is 984. The molecule has 2 aromatic carbocycles. The number of likely N-dealkylation sites (N-methyl/N-ethyl adjacent to an activating group) is 1. The van der Waals surface area contributed by atoms with Gasteiger partial charge in [0.15, 0.2) is 5.78 Å². The summed E-state index contributed by atoms with van der Waals surface area (Å²) in [5.41, 5.74) is 5.04. The molecule has 1 aliphatic carbocycles. The van der Waals surface area contributed by atoms with Gasteiger partial charge < -0.3 is 20.3 Å². The van der Waals surface area contributed by atoms with Gasteiger partial charge in [-0.1, -0.05) is 19.5 Å². The van der Waals surface area contributed by atoms with Crippen LogP contribution in [0.1, 0.15) is 67.9 Å². The summed E-state index contributed by atoms with van der Waals surface area (Å²) < 4.78 is 5.03. The van der Waals surface area contributed by atoms with Crippen LogP contribution in [0.3, 0.4) is 0 Å². The van der Waals surface area contributed by atoms with Gasteiger partial charge in [-0.25, -0.2) is 0 Å². The predicted molar refractivity (Wildman–Crippen MR) is 149 cm³/mol. The van der Waals surface area contributed by atoms with E-state index >= 15 is 0 Å². The molecule has 1 amide bonds. The minimum Gasteiger partial charge on any atom is -0.523 e. The topological polar surface area (TPSA) is 70.7 Å². The van der Waals surface area contributed by atoms with Crippen molar-refractivity contribution in [1.82, 2.24) is 4.90 Å². The van der Waals surface area contributed by atoms with E-state index in [1.807, 2.05) is 26.2 Å². The van der Waals surface area contributed by atoms with Crippen molar-refractivity contribution in [3.05, 3.63) is 53.1 Å². The van der Waals surface area contributed by atoms with Crippen LogP contribution in [0.2, 0.25) is 0 Å². The van der Waals surface area contributed by atoms with E-state index in [1.165, 1.54) is 11.1 Å². The first-order valence-corrected chi connectivity index (χ1v) is 13.0. The number of hydrogen-bond acceptors (Lipinski definition) is 5. The normalized spacial score (nSPS) is 16.6. The second kappa shape index (κ2) is 15.3. The van der Waals surface area contributed by atoms with Crippen LogP contribution < -0.4 is 15.4 Å². The first-order valence-electron chi connectivity index (χ1n) is 13.0. The standard InChI is InChI=1S/C15H24N2O.C15H20NO2.Md/c1-6-14-11(2)9-13(10-15(14)12(3)18)16-7-8-17(4)5;1-11-3-5-12(6-4-11)15(17)16-13-7-9-14(18-2)10-8-13;/h9-10,16H,6-8H2,1-5H3;7-9,11-12H,3-6H2,1-2H3,(H,16,17);/q;-1;. The van der Waals surface area contributed by atoms with E-state index in [-0.39, 0.29) is 17.6 Å². The van der Waals surface area contributed by atoms with Crippen molar-refractivity contribution in [3.8, 4) is 5.75 Å². The van der Waals surface area contributed by atoms with Crippen LogP contribution >= 0.6 is 0 Å². The molecule has 0 aliphatic heterocycles. The SMILES string of the molecule is CCc1c(C)cc(NCCN(C)C)cc1C(C)=O.COc1[c-]cc(NC(=O)C2CCC(C)CC2)cc1.[Md]. The summed E-state index contributed by atoms with van der Waals surface area (Å²) in [4.78, 5) is 25.9. The molecule has 1 aliphatic rings. The molecule has 0 spiro atoms. The van der Waals surface area contributed by atoms with E-state index < -0.39 is 0 Å². The van der Waals surface area contributed by atoms with E-state index in [4.69, 9.17) is 4.74 Å². The molecular formula is C30H44MdN3O3-. The van der Waals surface area contributed by atoms with Crippen molar-refractivity contribution >= 4 is 23.1 Å². The van der Waals surface area contributed by atoms with Gasteiger partial charge in [0.2, 0.25) is 5.91 Å². The molecular weight excluding hydrogens is 708 g/mol. The van der Waals surface area contributed by atoms with Crippen molar-refractivity contribution in [2.45, 2.75) is 59.8 Å². The Hall–Kier alpha value is -3.86. The molecule has 2 aromatic rings. The van der Waals surface area contributed by atoms with Gasteiger partial charge in [-0.2, -0.15) is 6.07 Å². The fraction of sp³-hybridized carbons (Fsp3) is 0.533. The average molecular weight is 753 g/mol. The zero-order valence-electron chi connectivity index (χ0n) is 23.4. The van der Waals surface area contributed by atoms with E-state index in [1.54, 1.807) is 26.2 Å². The van der Waals surface area contributed by atoms with Crippen LogP contribution in [0.4, 0.5) is 11.4 Å². The largest absolute Gasteiger partial charge is 0.523 e. The molecule has 0 aromatic heterocycles. The molecule has 0 unspecified atom stereocenters. The molecule has 6 nitrogen and oxygen atoms in total. The van der Waals surface area contributed by atoms with Crippen LogP contribution in [0.15, 0.2) is 30.3 Å². The minimum atomic E-state index is 0. The predicted octanol–water partition coefficient (Wildman–Crippen LogP) is 5.99. The van der Waals surface area contributed by atoms with E-state index in [0.29, 0.717) is 5.75 Å². The number of nitrogens with one attached hydrogen (secondary N) is 2. The summed E-state index contributed by atoms with van der Waals surface area (Å²) >= 11 is 0. The Morgan fingerprint density at radius 3 is 2.30 bits per heavy atom. The van der Waals surface area contributed by atoms with Gasteiger partial charge in [0.1, 0.15) is 0 Å². The molecule has 0 atom stereocenters. The van der Waals surface area contributed by atoms with Crippen molar-refractivity contribution in [2.24, 2.45) is 11.8 Å². The Balaban J connectivity index is 0.000000360. The molecule has 211 valence electrons. The van der Waals surface area contributed by atoms with Crippen molar-refractivity contribution in [2.75, 3.05) is 44.9 Å². The first kappa shape index (κ1) is 31.2. The van der Waals surface area contributed by atoms with Gasteiger partial charge in [-0.05, 0) is 89.2 Å². The number of nitrogens with zero attached hydrogens (tertiary/aromatic N) is 1. The molecule has 7 heteroatoms. The third-order valence-corrected chi connectivity index (χ3v) is 6.75. The van der Waals surface area contributed by atoms with E-state index in [2.05, 4.69) is 48.4 Å². The number of carbonyl (C=O) groups excluding carboxylic acids is 2. The van der Waals surface area contributed by atoms with Crippen molar-refractivity contribution in [1.29, 1.82) is 0 Å². The number of anilines is 2. The average Bonchev–Trinajstić information content (AvgIpc) is 2.84. The quantitative estimate of drug-likeness (QED) is 0.244. The van der Waals surface area contributed by atoms with Gasteiger partial charge in [0, 0.05) is 36.0 Å². The molecule has 37 heavy (non-hydrogen) atoms. The minimum absolute atomic E-state index is 0. The second-order valence-electron chi connectivity index (χ2n) is 10.1. The summed E-state index contributed by atoms with van der Waals surface area (Å²) in [6.07, 6.45) is 5.23. The van der Waals surface area contributed by atoms with Crippen LogP contribution in [-0.2, 0) is 11.2 Å². The maximum Gasteiger partial charge on any atom is 0.216 e. The van der Waals surface area contributed by atoms with Crippen molar-refractivity contribution in [3.63, 3.8) is 0 Å². The number of Topliss-reactive ketones (excluding diaryl/α,β-unsaturated/α-hetero) is 1. The Morgan fingerprint density at radius 1 is 1.11 bits per heavy atom. The van der Waals surface area contributed by atoms with Crippen LogP contribution in [0.25, 0.3) is 0 Å². The Labute approximate surface area is 217 Å². The number of ketones is 1. The van der Waals surface area contributed by atoms with Gasteiger partial charge in [0.25, 0.3) is 0 Å². The summed E-state index contributed by atoms with van der Waals surface area (Å²) in [6.45, 7) is 9.92. The molecule has 1 fully saturated rings. The Kier molecular flexibility index (Phi) is 12.9. The van der Waals surface area contributed by atoms with Crippen LogP contribution in [0.5, 0.6) is 5.75 Å². The number of methoxy groups -OCH3 is 1. The molecule has 1 radical (unpaired) electrons. The van der Waals surface area contributed by atoms with Crippen LogP contribution in [-0.4, -0.2) is 50.9 Å². The molecule has 2 N–H and O–H groups in total. The number of hydrogen-bond donors (Lipinski definition) is 2. The summed E-state index contributed by atoms with van der Waals surface area (Å²) in [5, 5.41) is 6.32. The number of rotatable bonds is 9. The number of aryl methyl sites for hydroxylation is 1. The smallest absolute Gasteiger partial charge is 0.216 e. The number of amides is 1. The van der Waals surface area contributed by atoms with Gasteiger partial charge in [0.05, 0.1) is 7.11 Å². The molecule has 0 heterocycles. The maximum atomic E-state index is 12.1.